The van der Waals surface area contributed by atoms with Gasteiger partial charge < -0.3 is 9.73 Å². The highest BCUT2D eigenvalue weighted by Crippen LogP contribution is 2.17. The van der Waals surface area contributed by atoms with E-state index in [2.05, 4.69) is 44.5 Å². The second kappa shape index (κ2) is 7.02. The Bertz CT molecular complexity index is 298. The van der Waals surface area contributed by atoms with Gasteiger partial charge in [-0.3, -0.25) is 0 Å². The predicted octanol–water partition coefficient (Wildman–Crippen LogP) is 3.49. The smallest absolute Gasteiger partial charge is 0.120 e. The Kier molecular flexibility index (Phi) is 5.99. The Morgan fingerprint density at radius 2 is 2.12 bits per heavy atom. The molecule has 0 aliphatic rings. The molecular weight excluding hydrogens is 218 g/mol. The predicted molar refractivity (Wildman–Crippen MR) is 72.0 cm³/mol. The van der Waals surface area contributed by atoms with Crippen molar-refractivity contribution in [3.63, 3.8) is 0 Å². The van der Waals surface area contributed by atoms with Gasteiger partial charge in [0, 0.05) is 6.42 Å². The maximum absolute atomic E-state index is 5.72. The fourth-order valence-electron chi connectivity index (χ4n) is 1.64. The number of nitrogens with one attached hydrogen (secondary N) is 1. The standard InChI is InChI=1S/C13H23NOS/c1-5-12-6-7-13(15-12)11(3)14-8-10(2)9-16-4/h6-7,10-11,14H,5,8-9H2,1-4H3. The summed E-state index contributed by atoms with van der Waals surface area (Å²) in [5, 5.41) is 3.51. The molecule has 0 aromatic carbocycles. The van der Waals surface area contributed by atoms with Crippen molar-refractivity contribution in [1.29, 1.82) is 0 Å². The Morgan fingerprint density at radius 1 is 1.38 bits per heavy atom. The number of hydrogen-bond donors (Lipinski definition) is 1. The maximum atomic E-state index is 5.72. The minimum absolute atomic E-state index is 0.310. The number of furan rings is 1. The normalized spacial score (nSPS) is 15.0. The van der Waals surface area contributed by atoms with Crippen LogP contribution in [0.1, 0.15) is 38.3 Å². The van der Waals surface area contributed by atoms with Crippen LogP contribution in [0.2, 0.25) is 0 Å². The van der Waals surface area contributed by atoms with Crippen molar-refractivity contribution < 1.29 is 4.42 Å². The van der Waals surface area contributed by atoms with Crippen LogP contribution in [0.5, 0.6) is 0 Å². The molecule has 0 saturated carbocycles. The quantitative estimate of drug-likeness (QED) is 0.791. The molecule has 3 heteroatoms. The summed E-state index contributed by atoms with van der Waals surface area (Å²) in [6.07, 6.45) is 3.12. The molecule has 0 aliphatic heterocycles. The first kappa shape index (κ1) is 13.7. The Balaban J connectivity index is 2.37. The van der Waals surface area contributed by atoms with Crippen LogP contribution in [-0.2, 0) is 6.42 Å². The van der Waals surface area contributed by atoms with Crippen molar-refractivity contribution in [2.75, 3.05) is 18.6 Å². The number of hydrogen-bond acceptors (Lipinski definition) is 3. The number of rotatable bonds is 7. The summed E-state index contributed by atoms with van der Waals surface area (Å²) in [6.45, 7) is 7.59. The van der Waals surface area contributed by atoms with Crippen LogP contribution >= 0.6 is 11.8 Å². The molecule has 1 heterocycles. The Morgan fingerprint density at radius 3 is 2.69 bits per heavy atom. The summed E-state index contributed by atoms with van der Waals surface area (Å²) in [5.74, 6) is 4.03. The molecule has 2 unspecified atom stereocenters. The van der Waals surface area contributed by atoms with Crippen molar-refractivity contribution in [1.82, 2.24) is 5.32 Å². The van der Waals surface area contributed by atoms with Gasteiger partial charge in [0.25, 0.3) is 0 Å². The SMILES string of the molecule is CCc1ccc(C(C)NCC(C)CSC)o1. The highest BCUT2D eigenvalue weighted by atomic mass is 32.2. The van der Waals surface area contributed by atoms with Gasteiger partial charge in [-0.1, -0.05) is 13.8 Å². The molecule has 0 fully saturated rings. The van der Waals surface area contributed by atoms with E-state index in [-0.39, 0.29) is 0 Å². The molecule has 0 aliphatic carbocycles. The van der Waals surface area contributed by atoms with Crippen molar-refractivity contribution >= 4 is 11.8 Å². The van der Waals surface area contributed by atoms with Gasteiger partial charge in [-0.25, -0.2) is 0 Å². The number of thioether (sulfide) groups is 1. The molecule has 0 saturated heterocycles. The first-order chi connectivity index (χ1) is 7.67. The average Bonchev–Trinajstić information content (AvgIpc) is 2.75. The molecule has 1 rings (SSSR count). The van der Waals surface area contributed by atoms with E-state index in [1.165, 1.54) is 5.75 Å². The van der Waals surface area contributed by atoms with Gasteiger partial charge in [0.05, 0.1) is 6.04 Å². The minimum atomic E-state index is 0.310. The molecule has 0 radical (unpaired) electrons. The summed E-state index contributed by atoms with van der Waals surface area (Å²) in [5.41, 5.74) is 0. The summed E-state index contributed by atoms with van der Waals surface area (Å²) in [7, 11) is 0. The molecule has 1 aromatic rings. The molecule has 0 spiro atoms. The first-order valence-electron chi connectivity index (χ1n) is 5.98. The Hall–Kier alpha value is -0.410. The lowest BCUT2D eigenvalue weighted by atomic mass is 10.2. The van der Waals surface area contributed by atoms with Crippen LogP contribution in [0.3, 0.4) is 0 Å². The van der Waals surface area contributed by atoms with Crippen LogP contribution in [0.4, 0.5) is 0 Å². The van der Waals surface area contributed by atoms with E-state index in [9.17, 15) is 0 Å². The zero-order chi connectivity index (χ0) is 12.0. The molecular formula is C13H23NOS. The van der Waals surface area contributed by atoms with Gasteiger partial charge in [0.1, 0.15) is 11.5 Å². The zero-order valence-corrected chi connectivity index (χ0v) is 11.6. The van der Waals surface area contributed by atoms with Crippen molar-refractivity contribution in [3.8, 4) is 0 Å². The monoisotopic (exact) mass is 241 g/mol. The molecule has 1 aromatic heterocycles. The fraction of sp³-hybridized carbons (Fsp3) is 0.692. The molecule has 16 heavy (non-hydrogen) atoms. The van der Waals surface area contributed by atoms with Crippen molar-refractivity contribution in [2.24, 2.45) is 5.92 Å². The topological polar surface area (TPSA) is 25.2 Å². The van der Waals surface area contributed by atoms with E-state index in [1.807, 2.05) is 11.8 Å². The summed E-state index contributed by atoms with van der Waals surface area (Å²) in [4.78, 5) is 0. The van der Waals surface area contributed by atoms with Crippen molar-refractivity contribution in [2.45, 2.75) is 33.2 Å². The number of aryl methyl sites for hydroxylation is 1. The van der Waals surface area contributed by atoms with Crippen molar-refractivity contribution in [3.05, 3.63) is 23.7 Å². The van der Waals surface area contributed by atoms with Crippen LogP contribution in [0, 0.1) is 5.92 Å². The molecule has 0 bridgehead atoms. The summed E-state index contributed by atoms with van der Waals surface area (Å²) in [6, 6.07) is 4.46. The van der Waals surface area contributed by atoms with E-state index < -0.39 is 0 Å². The Labute approximate surface area is 103 Å². The third kappa shape index (κ3) is 4.22. The van der Waals surface area contributed by atoms with Crippen LogP contribution in [-0.4, -0.2) is 18.6 Å². The molecule has 0 amide bonds. The van der Waals surface area contributed by atoms with Gasteiger partial charge in [-0.15, -0.1) is 0 Å². The molecule has 2 nitrogen and oxygen atoms in total. The lowest BCUT2D eigenvalue weighted by Gasteiger charge is -2.15. The summed E-state index contributed by atoms with van der Waals surface area (Å²) < 4.78 is 5.72. The average molecular weight is 241 g/mol. The zero-order valence-electron chi connectivity index (χ0n) is 10.7. The van der Waals surface area contributed by atoms with Crippen LogP contribution in [0.25, 0.3) is 0 Å². The lowest BCUT2D eigenvalue weighted by molar-refractivity contribution is 0.396. The van der Waals surface area contributed by atoms with E-state index >= 15 is 0 Å². The highest BCUT2D eigenvalue weighted by Gasteiger charge is 2.10. The highest BCUT2D eigenvalue weighted by molar-refractivity contribution is 7.98. The third-order valence-corrected chi connectivity index (χ3v) is 3.58. The van der Waals surface area contributed by atoms with Gasteiger partial charge in [-0.2, -0.15) is 11.8 Å². The van der Waals surface area contributed by atoms with Crippen LogP contribution < -0.4 is 5.32 Å². The summed E-state index contributed by atoms with van der Waals surface area (Å²) >= 11 is 1.90. The molecule has 92 valence electrons. The van der Waals surface area contributed by atoms with Gasteiger partial charge in [0.15, 0.2) is 0 Å². The maximum Gasteiger partial charge on any atom is 0.120 e. The first-order valence-corrected chi connectivity index (χ1v) is 7.37. The lowest BCUT2D eigenvalue weighted by Crippen LogP contribution is -2.25. The second-order valence-corrected chi connectivity index (χ2v) is 5.26. The van der Waals surface area contributed by atoms with E-state index in [4.69, 9.17) is 4.42 Å². The molecule has 2 atom stereocenters. The van der Waals surface area contributed by atoms with Gasteiger partial charge in [-0.05, 0) is 43.5 Å². The largest absolute Gasteiger partial charge is 0.464 e. The van der Waals surface area contributed by atoms with Gasteiger partial charge in [0.2, 0.25) is 0 Å². The van der Waals surface area contributed by atoms with E-state index in [0.717, 1.165) is 24.5 Å². The van der Waals surface area contributed by atoms with Crippen LogP contribution in [0.15, 0.2) is 16.5 Å². The minimum Gasteiger partial charge on any atom is -0.464 e. The second-order valence-electron chi connectivity index (χ2n) is 4.35. The third-order valence-electron chi connectivity index (χ3n) is 2.68. The fourth-order valence-corrected chi connectivity index (χ4v) is 2.33. The van der Waals surface area contributed by atoms with E-state index in [0.29, 0.717) is 12.0 Å². The molecule has 1 N–H and O–H groups in total. The van der Waals surface area contributed by atoms with Gasteiger partial charge >= 0.3 is 0 Å². The van der Waals surface area contributed by atoms with E-state index in [1.54, 1.807) is 0 Å².